The number of hydrogen-bond donors (Lipinski definition) is 1. The zero-order valence-electron chi connectivity index (χ0n) is 12.8. The van der Waals surface area contributed by atoms with Crippen molar-refractivity contribution in [3.05, 3.63) is 53.9 Å². The second kappa shape index (κ2) is 7.64. The molecule has 1 N–H and O–H groups in total. The molecule has 1 unspecified atom stereocenters. The normalized spacial score (nSPS) is 12.0. The molecule has 1 aromatic heterocycles. The van der Waals surface area contributed by atoms with Gasteiger partial charge in [0, 0.05) is 24.0 Å². The van der Waals surface area contributed by atoms with Gasteiger partial charge < -0.3 is 14.8 Å². The summed E-state index contributed by atoms with van der Waals surface area (Å²) in [6.45, 7) is 2.99. The third-order valence-electron chi connectivity index (χ3n) is 3.45. The molecule has 0 saturated heterocycles. The molecule has 4 nitrogen and oxygen atoms in total. The summed E-state index contributed by atoms with van der Waals surface area (Å²) in [6, 6.07) is 10.1. The van der Waals surface area contributed by atoms with E-state index in [2.05, 4.69) is 17.2 Å². The van der Waals surface area contributed by atoms with Crippen LogP contribution >= 0.6 is 0 Å². The molecule has 21 heavy (non-hydrogen) atoms. The second-order valence-electron chi connectivity index (χ2n) is 4.78. The van der Waals surface area contributed by atoms with Crippen molar-refractivity contribution < 1.29 is 9.47 Å². The van der Waals surface area contributed by atoms with Crippen LogP contribution in [-0.4, -0.2) is 25.7 Å². The Kier molecular flexibility index (Phi) is 5.58. The fraction of sp³-hybridized carbons (Fsp3) is 0.353. The fourth-order valence-electron chi connectivity index (χ4n) is 2.40. The second-order valence-corrected chi connectivity index (χ2v) is 4.78. The number of aromatic nitrogens is 1. The van der Waals surface area contributed by atoms with Gasteiger partial charge in [0.2, 0.25) is 0 Å². The first-order valence-corrected chi connectivity index (χ1v) is 7.12. The smallest absolute Gasteiger partial charge is 0.123 e. The maximum Gasteiger partial charge on any atom is 0.123 e. The molecule has 0 aliphatic carbocycles. The van der Waals surface area contributed by atoms with Crippen molar-refractivity contribution in [1.29, 1.82) is 0 Å². The van der Waals surface area contributed by atoms with Crippen LogP contribution in [0.4, 0.5) is 0 Å². The Bertz CT molecular complexity index is 558. The van der Waals surface area contributed by atoms with Crippen LogP contribution in [0.15, 0.2) is 42.7 Å². The van der Waals surface area contributed by atoms with Gasteiger partial charge in [0.25, 0.3) is 0 Å². The Hall–Kier alpha value is -2.07. The van der Waals surface area contributed by atoms with Crippen molar-refractivity contribution in [3.63, 3.8) is 0 Å². The summed E-state index contributed by atoms with van der Waals surface area (Å²) in [6.07, 6.45) is 4.52. The highest BCUT2D eigenvalue weighted by molar-refractivity contribution is 5.43. The number of benzene rings is 1. The van der Waals surface area contributed by atoms with Crippen molar-refractivity contribution >= 4 is 0 Å². The summed E-state index contributed by atoms with van der Waals surface area (Å²) in [5.41, 5.74) is 2.34. The average molecular weight is 286 g/mol. The molecule has 112 valence electrons. The molecule has 2 aromatic rings. The van der Waals surface area contributed by atoms with Gasteiger partial charge >= 0.3 is 0 Å². The van der Waals surface area contributed by atoms with E-state index in [1.165, 1.54) is 5.56 Å². The van der Waals surface area contributed by atoms with Crippen LogP contribution in [0.5, 0.6) is 11.5 Å². The fourth-order valence-corrected chi connectivity index (χ4v) is 2.40. The first-order valence-electron chi connectivity index (χ1n) is 7.12. The topological polar surface area (TPSA) is 43.4 Å². The van der Waals surface area contributed by atoms with Crippen LogP contribution < -0.4 is 14.8 Å². The number of methoxy groups -OCH3 is 2. The molecule has 1 aromatic carbocycles. The number of ether oxygens (including phenoxy) is 2. The van der Waals surface area contributed by atoms with Crippen molar-refractivity contribution in [3.8, 4) is 11.5 Å². The van der Waals surface area contributed by atoms with Gasteiger partial charge in [0.05, 0.1) is 14.2 Å². The van der Waals surface area contributed by atoms with Crippen LogP contribution in [0.25, 0.3) is 0 Å². The summed E-state index contributed by atoms with van der Waals surface area (Å²) in [5, 5.41) is 3.52. The van der Waals surface area contributed by atoms with Crippen LogP contribution in [-0.2, 0) is 6.42 Å². The maximum atomic E-state index is 5.50. The summed E-state index contributed by atoms with van der Waals surface area (Å²) < 4.78 is 10.8. The van der Waals surface area contributed by atoms with Gasteiger partial charge in [-0.2, -0.15) is 0 Å². The van der Waals surface area contributed by atoms with Crippen molar-refractivity contribution in [2.24, 2.45) is 0 Å². The van der Waals surface area contributed by atoms with E-state index in [9.17, 15) is 0 Å². The number of nitrogens with zero attached hydrogens (tertiary/aromatic N) is 1. The Morgan fingerprint density at radius 2 is 1.86 bits per heavy atom. The molecule has 1 atom stereocenters. The first-order chi connectivity index (χ1) is 10.3. The molecule has 0 amide bonds. The number of hydrogen-bond acceptors (Lipinski definition) is 4. The quantitative estimate of drug-likeness (QED) is 0.849. The lowest BCUT2D eigenvalue weighted by molar-refractivity contribution is 0.389. The zero-order chi connectivity index (χ0) is 15.1. The molecule has 0 aliphatic rings. The molecule has 0 spiro atoms. The monoisotopic (exact) mass is 286 g/mol. The molecular formula is C17H22N2O2. The van der Waals surface area contributed by atoms with Gasteiger partial charge in [-0.05, 0) is 48.9 Å². The van der Waals surface area contributed by atoms with Crippen LogP contribution in [0.2, 0.25) is 0 Å². The first kappa shape index (κ1) is 15.3. The highest BCUT2D eigenvalue weighted by atomic mass is 16.5. The van der Waals surface area contributed by atoms with Gasteiger partial charge in [-0.1, -0.05) is 6.92 Å². The molecule has 0 aliphatic heterocycles. The number of nitrogens with one attached hydrogen (secondary N) is 1. The predicted molar refractivity (Wildman–Crippen MR) is 83.9 cm³/mol. The molecule has 0 bridgehead atoms. The molecule has 0 radical (unpaired) electrons. The van der Waals surface area contributed by atoms with Crippen LogP contribution in [0.1, 0.15) is 24.1 Å². The SMILES string of the molecule is CCNC(Cc1ccncc1)c1cc(OC)ccc1OC. The minimum absolute atomic E-state index is 0.169. The van der Waals surface area contributed by atoms with Crippen molar-refractivity contribution in [2.45, 2.75) is 19.4 Å². The van der Waals surface area contributed by atoms with E-state index in [1.807, 2.05) is 42.7 Å². The number of rotatable bonds is 7. The molecule has 1 heterocycles. The van der Waals surface area contributed by atoms with E-state index in [-0.39, 0.29) is 6.04 Å². The molecule has 2 rings (SSSR count). The van der Waals surface area contributed by atoms with Crippen molar-refractivity contribution in [2.75, 3.05) is 20.8 Å². The van der Waals surface area contributed by atoms with E-state index in [4.69, 9.17) is 9.47 Å². The Morgan fingerprint density at radius 1 is 1.10 bits per heavy atom. The summed E-state index contributed by atoms with van der Waals surface area (Å²) in [4.78, 5) is 4.07. The van der Waals surface area contributed by atoms with Gasteiger partial charge in [0.15, 0.2) is 0 Å². The van der Waals surface area contributed by atoms with Crippen LogP contribution in [0, 0.1) is 0 Å². The summed E-state index contributed by atoms with van der Waals surface area (Å²) >= 11 is 0. The molecule has 0 fully saturated rings. The highest BCUT2D eigenvalue weighted by Gasteiger charge is 2.17. The predicted octanol–water partition coefficient (Wildman–Crippen LogP) is 2.99. The Morgan fingerprint density at radius 3 is 2.48 bits per heavy atom. The van der Waals surface area contributed by atoms with Gasteiger partial charge in [-0.3, -0.25) is 4.98 Å². The summed E-state index contributed by atoms with van der Waals surface area (Å²) in [5.74, 6) is 1.71. The van der Waals surface area contributed by atoms with E-state index < -0.39 is 0 Å². The maximum absolute atomic E-state index is 5.50. The van der Waals surface area contributed by atoms with Gasteiger partial charge in [0.1, 0.15) is 11.5 Å². The van der Waals surface area contributed by atoms with E-state index >= 15 is 0 Å². The third-order valence-corrected chi connectivity index (χ3v) is 3.45. The van der Waals surface area contributed by atoms with Crippen molar-refractivity contribution in [1.82, 2.24) is 10.3 Å². The number of pyridine rings is 1. The summed E-state index contributed by atoms with van der Waals surface area (Å²) in [7, 11) is 3.37. The Labute approximate surface area is 126 Å². The van der Waals surface area contributed by atoms with Gasteiger partial charge in [-0.15, -0.1) is 0 Å². The lowest BCUT2D eigenvalue weighted by Gasteiger charge is -2.21. The molecule has 0 saturated carbocycles. The lowest BCUT2D eigenvalue weighted by atomic mass is 9.98. The lowest BCUT2D eigenvalue weighted by Crippen LogP contribution is -2.23. The highest BCUT2D eigenvalue weighted by Crippen LogP contribution is 2.31. The van der Waals surface area contributed by atoms with E-state index in [0.717, 1.165) is 30.0 Å². The molecular weight excluding hydrogens is 264 g/mol. The number of likely N-dealkylation sites (N-methyl/N-ethyl adjacent to an activating group) is 1. The zero-order valence-corrected chi connectivity index (χ0v) is 12.8. The Balaban J connectivity index is 2.32. The third kappa shape index (κ3) is 3.95. The largest absolute Gasteiger partial charge is 0.497 e. The van der Waals surface area contributed by atoms with Crippen LogP contribution in [0.3, 0.4) is 0 Å². The molecule has 4 heteroatoms. The average Bonchev–Trinajstić information content (AvgIpc) is 2.55. The minimum atomic E-state index is 0.169. The standard InChI is InChI=1S/C17H22N2O2/c1-4-19-16(11-13-7-9-18-10-8-13)15-12-14(20-2)5-6-17(15)21-3/h5-10,12,16,19H,4,11H2,1-3H3. The minimum Gasteiger partial charge on any atom is -0.497 e. The van der Waals surface area contributed by atoms with E-state index in [1.54, 1.807) is 14.2 Å². The van der Waals surface area contributed by atoms with Gasteiger partial charge in [-0.25, -0.2) is 0 Å². The van der Waals surface area contributed by atoms with E-state index in [0.29, 0.717) is 0 Å².